The lowest BCUT2D eigenvalue weighted by Gasteiger charge is -2.13. The number of rotatable bonds is 11. The van der Waals surface area contributed by atoms with E-state index in [2.05, 4.69) is 15.5 Å². The van der Waals surface area contributed by atoms with Crippen LogP contribution < -0.4 is 19.5 Å². The molecule has 0 aliphatic carbocycles. The van der Waals surface area contributed by atoms with Crippen LogP contribution in [0, 0.1) is 25.2 Å². The van der Waals surface area contributed by atoms with Crippen molar-refractivity contribution in [3.63, 3.8) is 0 Å². The summed E-state index contributed by atoms with van der Waals surface area (Å²) in [5, 5.41) is 21.5. The summed E-state index contributed by atoms with van der Waals surface area (Å²) < 4.78 is 17.2. The number of nitrogens with zero attached hydrogens (tertiary/aromatic N) is 3. The van der Waals surface area contributed by atoms with Gasteiger partial charge in [-0.05, 0) is 60.4 Å². The van der Waals surface area contributed by atoms with E-state index in [0.717, 1.165) is 27.4 Å². The Balaban J connectivity index is 1.36. The third-order valence-electron chi connectivity index (χ3n) is 5.69. The van der Waals surface area contributed by atoms with E-state index in [1.54, 1.807) is 18.2 Å². The van der Waals surface area contributed by atoms with E-state index >= 15 is 0 Å². The van der Waals surface area contributed by atoms with Gasteiger partial charge in [0.25, 0.3) is 5.91 Å². The molecule has 0 atom stereocenters. The lowest BCUT2D eigenvalue weighted by molar-refractivity contribution is -0.112. The largest absolute Gasteiger partial charge is 0.493 e. The van der Waals surface area contributed by atoms with Crippen LogP contribution in [0.15, 0.2) is 72.3 Å². The second-order valence-corrected chi connectivity index (χ2v) is 9.73. The van der Waals surface area contributed by atoms with Gasteiger partial charge < -0.3 is 14.2 Å². The molecule has 8 nitrogen and oxygen atoms in total. The van der Waals surface area contributed by atoms with E-state index in [-0.39, 0.29) is 5.57 Å². The molecule has 1 aromatic heterocycles. The molecule has 1 N–H and O–H groups in total. The molecule has 3 aromatic carbocycles. The number of hydrogen-bond donors (Lipinski definition) is 1. The maximum absolute atomic E-state index is 12.7. The van der Waals surface area contributed by atoms with Gasteiger partial charge in [-0.3, -0.25) is 10.1 Å². The van der Waals surface area contributed by atoms with Crippen molar-refractivity contribution in [2.24, 2.45) is 0 Å². The Morgan fingerprint density at radius 1 is 0.974 bits per heavy atom. The predicted octanol–water partition coefficient (Wildman–Crippen LogP) is 5.76. The monoisotopic (exact) mass is 540 g/mol. The summed E-state index contributed by atoms with van der Waals surface area (Å²) in [6.45, 7) is 4.70. The number of nitriles is 1. The SMILES string of the molecule is COc1cc(C=C(C#N)C(=O)Nc2nnc(Cc3ccccc3)s2)ccc1OCCOc1cc(C)ccc1C. The molecule has 0 unspecified atom stereocenters. The highest BCUT2D eigenvalue weighted by atomic mass is 32.1. The van der Waals surface area contributed by atoms with Gasteiger partial charge in [-0.15, -0.1) is 10.2 Å². The van der Waals surface area contributed by atoms with Crippen LogP contribution in [0.1, 0.15) is 27.3 Å². The quantitative estimate of drug-likeness (QED) is 0.146. The van der Waals surface area contributed by atoms with Crippen LogP contribution in [-0.4, -0.2) is 36.4 Å². The van der Waals surface area contributed by atoms with Crippen LogP contribution >= 0.6 is 11.3 Å². The maximum Gasteiger partial charge on any atom is 0.268 e. The van der Waals surface area contributed by atoms with Crippen molar-refractivity contribution in [1.29, 1.82) is 5.26 Å². The highest BCUT2D eigenvalue weighted by Gasteiger charge is 2.14. The number of anilines is 1. The normalized spacial score (nSPS) is 11.0. The summed E-state index contributed by atoms with van der Waals surface area (Å²) in [5.41, 5.74) is 3.82. The third kappa shape index (κ3) is 7.66. The molecular weight excluding hydrogens is 512 g/mol. The number of aryl methyl sites for hydroxylation is 2. The first-order chi connectivity index (χ1) is 18.9. The minimum absolute atomic E-state index is 0.0764. The summed E-state index contributed by atoms with van der Waals surface area (Å²) in [5.74, 6) is 1.27. The van der Waals surface area contributed by atoms with Crippen LogP contribution in [-0.2, 0) is 11.2 Å². The first kappa shape index (κ1) is 27.4. The Bertz CT molecular complexity index is 1510. The van der Waals surface area contributed by atoms with E-state index in [9.17, 15) is 10.1 Å². The van der Waals surface area contributed by atoms with Gasteiger partial charge in [0.2, 0.25) is 5.13 Å². The molecule has 0 spiro atoms. The Morgan fingerprint density at radius 2 is 1.74 bits per heavy atom. The van der Waals surface area contributed by atoms with E-state index in [4.69, 9.17) is 14.2 Å². The summed E-state index contributed by atoms with van der Waals surface area (Å²) in [6.07, 6.45) is 2.10. The molecule has 9 heteroatoms. The fraction of sp³-hybridized carbons (Fsp3) is 0.200. The van der Waals surface area contributed by atoms with Crippen molar-refractivity contribution < 1.29 is 19.0 Å². The molecule has 0 aliphatic rings. The third-order valence-corrected chi connectivity index (χ3v) is 6.53. The number of aromatic nitrogens is 2. The maximum atomic E-state index is 12.7. The smallest absolute Gasteiger partial charge is 0.268 e. The van der Waals surface area contributed by atoms with Gasteiger partial charge >= 0.3 is 0 Å². The van der Waals surface area contributed by atoms with Crippen molar-refractivity contribution in [3.8, 4) is 23.3 Å². The molecule has 4 aromatic rings. The fourth-order valence-electron chi connectivity index (χ4n) is 3.69. The summed E-state index contributed by atoms with van der Waals surface area (Å²) >= 11 is 1.27. The highest BCUT2D eigenvalue weighted by molar-refractivity contribution is 7.15. The number of amides is 1. The Hall–Kier alpha value is -4.68. The van der Waals surface area contributed by atoms with E-state index in [1.165, 1.54) is 24.5 Å². The minimum atomic E-state index is -0.567. The molecule has 4 rings (SSSR count). The van der Waals surface area contributed by atoms with Crippen molar-refractivity contribution in [2.75, 3.05) is 25.6 Å². The lowest BCUT2D eigenvalue weighted by Crippen LogP contribution is -2.13. The average Bonchev–Trinajstić information content (AvgIpc) is 3.38. The molecule has 0 saturated carbocycles. The molecule has 198 valence electrons. The standard InChI is InChI=1S/C30H28N4O4S/c1-20-9-10-21(2)26(15-20)38-14-13-37-25-12-11-23(17-27(25)36-3)16-24(19-31)29(35)32-30-34-33-28(39-30)18-22-7-5-4-6-8-22/h4-12,15-17H,13-14,18H2,1-3H3,(H,32,34,35). The van der Waals surface area contributed by atoms with Crippen LogP contribution in [0.3, 0.4) is 0 Å². The predicted molar refractivity (Wildman–Crippen MR) is 151 cm³/mol. The first-order valence-corrected chi connectivity index (χ1v) is 13.1. The van der Waals surface area contributed by atoms with Crippen LogP contribution in [0.5, 0.6) is 17.2 Å². The number of carbonyl (C=O) groups excluding carboxylic acids is 1. The second kappa shape index (κ2) is 13.2. The zero-order valence-corrected chi connectivity index (χ0v) is 22.7. The van der Waals surface area contributed by atoms with Crippen molar-refractivity contribution >= 4 is 28.5 Å². The molecule has 39 heavy (non-hydrogen) atoms. The number of carbonyl (C=O) groups is 1. The van der Waals surface area contributed by atoms with Gasteiger partial charge in [-0.1, -0.05) is 59.9 Å². The molecule has 1 heterocycles. The highest BCUT2D eigenvalue weighted by Crippen LogP contribution is 2.29. The number of benzene rings is 3. The number of methoxy groups -OCH3 is 1. The summed E-state index contributed by atoms with van der Waals surface area (Å²) in [4.78, 5) is 12.7. The van der Waals surface area contributed by atoms with E-state index in [1.807, 2.05) is 68.4 Å². The molecule has 1 amide bonds. The average molecular weight is 541 g/mol. The van der Waals surface area contributed by atoms with Crippen LogP contribution in [0.2, 0.25) is 0 Å². The molecule has 0 saturated heterocycles. The number of ether oxygens (including phenoxy) is 3. The molecule has 0 aliphatic heterocycles. The zero-order valence-electron chi connectivity index (χ0n) is 21.9. The van der Waals surface area contributed by atoms with Crippen LogP contribution in [0.4, 0.5) is 5.13 Å². The Labute approximate surface area is 231 Å². The van der Waals surface area contributed by atoms with Gasteiger partial charge in [0, 0.05) is 6.42 Å². The Kier molecular flexibility index (Phi) is 9.27. The Morgan fingerprint density at radius 3 is 2.49 bits per heavy atom. The van der Waals surface area contributed by atoms with E-state index < -0.39 is 5.91 Å². The van der Waals surface area contributed by atoms with Crippen LogP contribution in [0.25, 0.3) is 6.08 Å². The first-order valence-electron chi connectivity index (χ1n) is 12.3. The molecular formula is C30H28N4O4S. The fourth-order valence-corrected chi connectivity index (χ4v) is 4.45. The van der Waals surface area contributed by atoms with Gasteiger partial charge in [0.05, 0.1) is 7.11 Å². The number of hydrogen-bond acceptors (Lipinski definition) is 8. The topological polar surface area (TPSA) is 106 Å². The van der Waals surface area contributed by atoms with Crippen molar-refractivity contribution in [2.45, 2.75) is 20.3 Å². The molecule has 0 fully saturated rings. The van der Waals surface area contributed by atoms with Gasteiger partial charge in [0.1, 0.15) is 35.6 Å². The van der Waals surface area contributed by atoms with Gasteiger partial charge in [-0.25, -0.2) is 0 Å². The lowest BCUT2D eigenvalue weighted by atomic mass is 10.1. The van der Waals surface area contributed by atoms with E-state index in [0.29, 0.717) is 41.8 Å². The molecule has 0 radical (unpaired) electrons. The zero-order chi connectivity index (χ0) is 27.6. The van der Waals surface area contributed by atoms with Gasteiger partial charge in [0.15, 0.2) is 11.5 Å². The summed E-state index contributed by atoms with van der Waals surface area (Å²) in [6, 6.07) is 23.1. The number of nitrogens with one attached hydrogen (secondary N) is 1. The van der Waals surface area contributed by atoms with Crippen molar-refractivity contribution in [1.82, 2.24) is 10.2 Å². The molecule has 0 bridgehead atoms. The van der Waals surface area contributed by atoms with Crippen molar-refractivity contribution in [3.05, 3.63) is 99.6 Å². The second-order valence-electron chi connectivity index (χ2n) is 8.66. The van der Waals surface area contributed by atoms with Gasteiger partial charge in [-0.2, -0.15) is 5.26 Å². The minimum Gasteiger partial charge on any atom is -0.493 e. The summed E-state index contributed by atoms with van der Waals surface area (Å²) in [7, 11) is 1.53.